The van der Waals surface area contributed by atoms with Crippen molar-refractivity contribution in [2.24, 2.45) is 10.5 Å². The number of amides is 1. The Morgan fingerprint density at radius 1 is 1.07 bits per heavy atom. The van der Waals surface area contributed by atoms with Crippen molar-refractivity contribution < 1.29 is 17.6 Å². The second kappa shape index (κ2) is 8.52. The van der Waals surface area contributed by atoms with E-state index in [9.17, 15) is 17.6 Å². The lowest BCUT2D eigenvalue weighted by Crippen LogP contribution is -2.40. The van der Waals surface area contributed by atoms with E-state index in [1.54, 1.807) is 25.1 Å². The number of anilines is 1. The molecule has 0 saturated carbocycles. The van der Waals surface area contributed by atoms with E-state index in [0.29, 0.717) is 5.71 Å². The smallest absolute Gasteiger partial charge is 0.264 e. The van der Waals surface area contributed by atoms with Crippen LogP contribution in [0.25, 0.3) is 0 Å². The molecule has 0 fully saturated rings. The zero-order valence-electron chi connectivity index (χ0n) is 16.3. The third-order valence-corrected chi connectivity index (χ3v) is 5.95. The maximum Gasteiger partial charge on any atom is 0.264 e. The summed E-state index contributed by atoms with van der Waals surface area (Å²) in [7, 11) is -4.03. The van der Waals surface area contributed by atoms with Crippen molar-refractivity contribution in [3.05, 3.63) is 60.4 Å². The highest BCUT2D eigenvalue weighted by molar-refractivity contribution is 7.92. The monoisotopic (exact) mass is 405 g/mol. The Morgan fingerprint density at radius 3 is 2.18 bits per heavy atom. The second-order valence-electron chi connectivity index (χ2n) is 7.28. The number of carbonyl (C=O) groups excluding carboxylic acids is 1. The molecule has 1 N–H and O–H groups in total. The summed E-state index contributed by atoms with van der Waals surface area (Å²) in [6, 6.07) is 12.7. The molecule has 0 spiro atoms. The Balaban J connectivity index is 2.35. The second-order valence-corrected chi connectivity index (χ2v) is 9.15. The van der Waals surface area contributed by atoms with Crippen molar-refractivity contribution in [3.8, 4) is 0 Å². The number of halogens is 1. The van der Waals surface area contributed by atoms with Crippen molar-refractivity contribution >= 4 is 27.3 Å². The van der Waals surface area contributed by atoms with Crippen molar-refractivity contribution in [1.82, 2.24) is 5.43 Å². The molecule has 6 nitrogen and oxygen atoms in total. The first-order chi connectivity index (χ1) is 13.0. The third kappa shape index (κ3) is 5.39. The summed E-state index contributed by atoms with van der Waals surface area (Å²) in [6.45, 7) is 7.12. The topological polar surface area (TPSA) is 78.8 Å². The average Bonchev–Trinajstić information content (AvgIpc) is 2.65. The lowest BCUT2D eigenvalue weighted by atomic mass is 9.91. The summed E-state index contributed by atoms with van der Waals surface area (Å²) in [4.78, 5) is 12.4. The van der Waals surface area contributed by atoms with Crippen LogP contribution in [-0.2, 0) is 14.8 Å². The number of hydrogen-bond acceptors (Lipinski definition) is 4. The third-order valence-electron chi connectivity index (χ3n) is 4.17. The van der Waals surface area contributed by atoms with Crippen molar-refractivity contribution in [2.75, 3.05) is 10.8 Å². The highest BCUT2D eigenvalue weighted by Crippen LogP contribution is 2.23. The van der Waals surface area contributed by atoms with Gasteiger partial charge in [0.05, 0.1) is 10.6 Å². The van der Waals surface area contributed by atoms with Gasteiger partial charge in [-0.3, -0.25) is 9.10 Å². The normalized spacial score (nSPS) is 12.5. The first-order valence-electron chi connectivity index (χ1n) is 8.69. The number of sulfonamides is 1. The molecule has 0 atom stereocenters. The molecule has 0 saturated heterocycles. The number of hydrazone groups is 1. The van der Waals surface area contributed by atoms with Crippen LogP contribution in [0, 0.1) is 11.2 Å². The fourth-order valence-electron chi connectivity index (χ4n) is 2.12. The van der Waals surface area contributed by atoms with Crippen LogP contribution in [0.4, 0.5) is 10.1 Å². The van der Waals surface area contributed by atoms with E-state index in [4.69, 9.17) is 0 Å². The molecule has 0 unspecified atom stereocenters. The van der Waals surface area contributed by atoms with Gasteiger partial charge >= 0.3 is 0 Å². The summed E-state index contributed by atoms with van der Waals surface area (Å²) in [6.07, 6.45) is 0. The molecule has 28 heavy (non-hydrogen) atoms. The van der Waals surface area contributed by atoms with Gasteiger partial charge in [0, 0.05) is 11.1 Å². The Hall–Kier alpha value is -2.74. The van der Waals surface area contributed by atoms with Crippen LogP contribution in [0.2, 0.25) is 0 Å². The predicted molar refractivity (Wildman–Crippen MR) is 108 cm³/mol. The van der Waals surface area contributed by atoms with Crippen LogP contribution in [0.3, 0.4) is 0 Å². The van der Waals surface area contributed by atoms with Crippen LogP contribution >= 0.6 is 0 Å². The minimum Gasteiger partial charge on any atom is -0.271 e. The number of hydrogen-bond donors (Lipinski definition) is 1. The molecule has 0 heterocycles. The van der Waals surface area contributed by atoms with Gasteiger partial charge in [0.1, 0.15) is 12.4 Å². The zero-order valence-corrected chi connectivity index (χ0v) is 17.1. The zero-order chi connectivity index (χ0) is 20.9. The molecule has 2 aromatic rings. The van der Waals surface area contributed by atoms with Crippen LogP contribution in [-0.4, -0.2) is 26.6 Å². The fourth-order valence-corrected chi connectivity index (χ4v) is 3.56. The van der Waals surface area contributed by atoms with Gasteiger partial charge in [0.15, 0.2) is 0 Å². The maximum absolute atomic E-state index is 13.3. The van der Waals surface area contributed by atoms with E-state index < -0.39 is 28.3 Å². The number of benzene rings is 2. The van der Waals surface area contributed by atoms with E-state index in [-0.39, 0.29) is 16.0 Å². The molecule has 0 radical (unpaired) electrons. The molecular formula is C20H24FN3O3S. The van der Waals surface area contributed by atoms with Crippen LogP contribution < -0.4 is 9.73 Å². The van der Waals surface area contributed by atoms with Gasteiger partial charge in [0.25, 0.3) is 15.9 Å². The molecule has 0 aliphatic rings. The van der Waals surface area contributed by atoms with Gasteiger partial charge in [-0.05, 0) is 43.3 Å². The van der Waals surface area contributed by atoms with Crippen molar-refractivity contribution in [1.29, 1.82) is 0 Å². The maximum atomic E-state index is 13.3. The van der Waals surface area contributed by atoms with E-state index in [1.807, 2.05) is 20.8 Å². The number of carbonyl (C=O) groups is 1. The summed E-state index contributed by atoms with van der Waals surface area (Å²) < 4.78 is 40.4. The van der Waals surface area contributed by atoms with Crippen molar-refractivity contribution in [2.45, 2.75) is 32.6 Å². The highest BCUT2D eigenvalue weighted by Gasteiger charge is 2.27. The molecule has 0 aromatic heterocycles. The number of nitrogens with one attached hydrogen (secondary N) is 1. The molecule has 8 heteroatoms. The van der Waals surface area contributed by atoms with Gasteiger partial charge in [-0.1, -0.05) is 39.0 Å². The highest BCUT2D eigenvalue weighted by atomic mass is 32.2. The number of nitrogens with zero attached hydrogens (tertiary/aromatic N) is 2. The van der Waals surface area contributed by atoms with Crippen LogP contribution in [0.1, 0.15) is 27.7 Å². The van der Waals surface area contributed by atoms with Gasteiger partial charge in [-0.25, -0.2) is 18.2 Å². The Morgan fingerprint density at radius 2 is 1.64 bits per heavy atom. The first-order valence-corrected chi connectivity index (χ1v) is 10.1. The largest absolute Gasteiger partial charge is 0.271 e. The molecule has 2 aromatic carbocycles. The lowest BCUT2D eigenvalue weighted by Gasteiger charge is -2.24. The molecule has 2 rings (SSSR count). The van der Waals surface area contributed by atoms with E-state index >= 15 is 0 Å². The van der Waals surface area contributed by atoms with Gasteiger partial charge in [-0.15, -0.1) is 0 Å². The minimum atomic E-state index is -4.03. The quantitative estimate of drug-likeness (QED) is 0.590. The first kappa shape index (κ1) is 21.6. The molecular weight excluding hydrogens is 381 g/mol. The Kier molecular flexibility index (Phi) is 6.56. The van der Waals surface area contributed by atoms with Gasteiger partial charge in [-0.2, -0.15) is 5.10 Å². The van der Waals surface area contributed by atoms with Crippen LogP contribution in [0.15, 0.2) is 64.6 Å². The van der Waals surface area contributed by atoms with E-state index in [2.05, 4.69) is 10.5 Å². The summed E-state index contributed by atoms with van der Waals surface area (Å²) in [5.74, 6) is -1.11. The van der Waals surface area contributed by atoms with E-state index in [1.165, 1.54) is 24.3 Å². The SMILES string of the molecule is C/C(=N/NC(=O)CN(c1ccc(F)cc1)S(=O)(=O)c1ccccc1)C(C)(C)C. The summed E-state index contributed by atoms with van der Waals surface area (Å²) in [5.41, 5.74) is 3.03. The average molecular weight is 405 g/mol. The minimum absolute atomic E-state index is 0.0292. The molecule has 150 valence electrons. The fraction of sp³-hybridized carbons (Fsp3) is 0.300. The summed E-state index contributed by atoms with van der Waals surface area (Å²) >= 11 is 0. The van der Waals surface area contributed by atoms with Crippen LogP contribution in [0.5, 0.6) is 0 Å². The summed E-state index contributed by atoms with van der Waals surface area (Å²) in [5, 5.41) is 4.05. The predicted octanol–water partition coefficient (Wildman–Crippen LogP) is 3.56. The lowest BCUT2D eigenvalue weighted by molar-refractivity contribution is -0.119. The molecule has 0 aliphatic heterocycles. The van der Waals surface area contributed by atoms with Crippen molar-refractivity contribution in [3.63, 3.8) is 0 Å². The van der Waals surface area contributed by atoms with E-state index in [0.717, 1.165) is 16.4 Å². The number of rotatable bonds is 6. The molecule has 1 amide bonds. The van der Waals surface area contributed by atoms with Gasteiger partial charge in [0.2, 0.25) is 0 Å². The Labute approximate surface area is 165 Å². The molecule has 0 bridgehead atoms. The van der Waals surface area contributed by atoms with Gasteiger partial charge < -0.3 is 0 Å². The standard InChI is InChI=1S/C20H24FN3O3S/c1-15(20(2,3)4)22-23-19(25)14-24(17-12-10-16(21)11-13-17)28(26,27)18-8-6-5-7-9-18/h5-13H,14H2,1-4H3,(H,23,25)/b22-15-. The molecule has 0 aliphatic carbocycles. The Bertz CT molecular complexity index is 950.